The molecule has 0 aromatic heterocycles. The van der Waals surface area contributed by atoms with Gasteiger partial charge in [0.1, 0.15) is 0 Å². The second-order valence-corrected chi connectivity index (χ2v) is 1.92. The second kappa shape index (κ2) is 6.78. The smallest absolute Gasteiger partial charge is 1.00 e. The standard InChI is InChI=1S/C9H6O2.Cs.H/c10-9(11)7-6-8-4-2-1-3-5-8;;/h1-5H,(H,10,11);;/q;+1;-1. The van der Waals surface area contributed by atoms with Crippen LogP contribution in [-0.4, -0.2) is 11.1 Å². The van der Waals surface area contributed by atoms with E-state index < -0.39 is 5.97 Å². The summed E-state index contributed by atoms with van der Waals surface area (Å²) < 4.78 is 0. The molecule has 0 amide bonds. The molecule has 1 aromatic rings. The van der Waals surface area contributed by atoms with Crippen molar-refractivity contribution >= 4 is 5.97 Å². The third-order valence-electron chi connectivity index (χ3n) is 1.09. The maximum atomic E-state index is 10.00. The fourth-order valence-electron chi connectivity index (χ4n) is 0.647. The van der Waals surface area contributed by atoms with E-state index in [0.29, 0.717) is 0 Å². The Balaban J connectivity index is 0. The molecule has 0 bridgehead atoms. The molecule has 1 aromatic carbocycles. The summed E-state index contributed by atoms with van der Waals surface area (Å²) in [4.78, 5) is 10.00. The molecule has 0 unspecified atom stereocenters. The molecular weight excluding hydrogens is 273 g/mol. The molecule has 0 heterocycles. The topological polar surface area (TPSA) is 37.3 Å². The molecule has 2 nitrogen and oxygen atoms in total. The Labute approximate surface area is 131 Å². The number of benzene rings is 1. The molecule has 1 rings (SSSR count). The van der Waals surface area contributed by atoms with Gasteiger partial charge in [0.2, 0.25) is 0 Å². The van der Waals surface area contributed by atoms with Crippen molar-refractivity contribution in [1.29, 1.82) is 0 Å². The first-order valence-corrected chi connectivity index (χ1v) is 3.09. The van der Waals surface area contributed by atoms with Gasteiger partial charge in [-0.25, -0.2) is 4.79 Å². The van der Waals surface area contributed by atoms with Gasteiger partial charge in [-0.3, -0.25) is 0 Å². The minimum absolute atomic E-state index is 0. The van der Waals surface area contributed by atoms with Crippen LogP contribution in [0, 0.1) is 11.8 Å². The van der Waals surface area contributed by atoms with Crippen molar-refractivity contribution in [3.8, 4) is 11.8 Å². The van der Waals surface area contributed by atoms with E-state index >= 15 is 0 Å². The quantitative estimate of drug-likeness (QED) is 0.572. The first kappa shape index (κ1) is 12.3. The second-order valence-electron chi connectivity index (χ2n) is 1.92. The van der Waals surface area contributed by atoms with Gasteiger partial charge in [-0.05, 0) is 12.1 Å². The van der Waals surface area contributed by atoms with E-state index in [-0.39, 0.29) is 70.3 Å². The zero-order valence-corrected chi connectivity index (χ0v) is 13.0. The Bertz CT molecular complexity index is 313. The van der Waals surface area contributed by atoms with Gasteiger partial charge >= 0.3 is 74.9 Å². The van der Waals surface area contributed by atoms with Crippen LogP contribution in [0.5, 0.6) is 0 Å². The summed E-state index contributed by atoms with van der Waals surface area (Å²) in [7, 11) is 0. The molecule has 1 N–H and O–H groups in total. The molecule has 0 fully saturated rings. The largest absolute Gasteiger partial charge is 1.00 e. The molecule has 0 atom stereocenters. The SMILES string of the molecule is O=C(O)C#Cc1ccccc1.[Cs+].[H-]. The van der Waals surface area contributed by atoms with Crippen LogP contribution in [0.4, 0.5) is 0 Å². The molecule has 56 valence electrons. The zero-order valence-electron chi connectivity index (χ0n) is 7.74. The predicted octanol–water partition coefficient (Wildman–Crippen LogP) is -1.76. The summed E-state index contributed by atoms with van der Waals surface area (Å²) in [6.07, 6.45) is 0. The van der Waals surface area contributed by atoms with Crippen LogP contribution in [0.15, 0.2) is 30.3 Å². The van der Waals surface area contributed by atoms with Crippen LogP contribution in [0.2, 0.25) is 0 Å². The molecule has 0 aliphatic heterocycles. The fraction of sp³-hybridized carbons (Fsp3) is 0. The summed E-state index contributed by atoms with van der Waals surface area (Å²) in [6, 6.07) is 9.00. The Morgan fingerprint density at radius 3 is 2.42 bits per heavy atom. The first-order chi connectivity index (χ1) is 5.29. The van der Waals surface area contributed by atoms with Crippen molar-refractivity contribution in [3.63, 3.8) is 0 Å². The molecule has 0 saturated carbocycles. The average molecular weight is 280 g/mol. The van der Waals surface area contributed by atoms with Gasteiger partial charge in [0.05, 0.1) is 0 Å². The fourth-order valence-corrected chi connectivity index (χ4v) is 0.647. The van der Waals surface area contributed by atoms with Crippen LogP contribution in [0.25, 0.3) is 0 Å². The summed E-state index contributed by atoms with van der Waals surface area (Å²) in [6.45, 7) is 0. The Morgan fingerprint density at radius 2 is 1.92 bits per heavy atom. The van der Waals surface area contributed by atoms with Crippen molar-refractivity contribution in [3.05, 3.63) is 35.9 Å². The maximum absolute atomic E-state index is 10.00. The van der Waals surface area contributed by atoms with E-state index in [1.165, 1.54) is 0 Å². The number of hydrogen-bond donors (Lipinski definition) is 1. The number of carboxylic acid groups (broad SMARTS) is 1. The van der Waals surface area contributed by atoms with Crippen LogP contribution >= 0.6 is 0 Å². The van der Waals surface area contributed by atoms with E-state index in [0.717, 1.165) is 5.56 Å². The van der Waals surface area contributed by atoms with Crippen LogP contribution < -0.4 is 68.9 Å². The third-order valence-corrected chi connectivity index (χ3v) is 1.09. The Morgan fingerprint density at radius 1 is 1.33 bits per heavy atom. The van der Waals surface area contributed by atoms with E-state index in [4.69, 9.17) is 5.11 Å². The van der Waals surface area contributed by atoms with Gasteiger partial charge in [-0.1, -0.05) is 24.1 Å². The predicted molar refractivity (Wildman–Crippen MR) is 42.1 cm³/mol. The van der Waals surface area contributed by atoms with Gasteiger partial charge in [-0.15, -0.1) is 0 Å². The van der Waals surface area contributed by atoms with E-state index in [1.807, 2.05) is 24.1 Å². The summed E-state index contributed by atoms with van der Waals surface area (Å²) in [5, 5.41) is 8.20. The number of carbonyl (C=O) groups is 1. The van der Waals surface area contributed by atoms with Crippen molar-refractivity contribution in [2.45, 2.75) is 0 Å². The van der Waals surface area contributed by atoms with Crippen molar-refractivity contribution < 1.29 is 80.2 Å². The number of carboxylic acids is 1. The van der Waals surface area contributed by atoms with Crippen LogP contribution in [0.3, 0.4) is 0 Å². The van der Waals surface area contributed by atoms with Crippen molar-refractivity contribution in [2.24, 2.45) is 0 Å². The Kier molecular flexibility index (Phi) is 6.95. The molecule has 0 spiro atoms. The van der Waals surface area contributed by atoms with Crippen molar-refractivity contribution in [2.75, 3.05) is 0 Å². The van der Waals surface area contributed by atoms with Gasteiger partial charge in [0.15, 0.2) is 0 Å². The molecule has 0 radical (unpaired) electrons. The summed E-state index contributed by atoms with van der Waals surface area (Å²) in [5.74, 6) is 3.42. The van der Waals surface area contributed by atoms with E-state index in [9.17, 15) is 4.79 Å². The number of rotatable bonds is 0. The molecule has 0 aliphatic rings. The monoisotopic (exact) mass is 280 g/mol. The molecule has 3 heteroatoms. The number of hydrogen-bond acceptors (Lipinski definition) is 1. The minimum Gasteiger partial charge on any atom is -1.00 e. The molecule has 12 heavy (non-hydrogen) atoms. The van der Waals surface area contributed by atoms with E-state index in [1.54, 1.807) is 12.1 Å². The van der Waals surface area contributed by atoms with Crippen LogP contribution in [-0.2, 0) is 4.79 Å². The van der Waals surface area contributed by atoms with Gasteiger partial charge in [0, 0.05) is 11.5 Å². The molecule has 0 saturated heterocycles. The maximum Gasteiger partial charge on any atom is 1.00 e. The van der Waals surface area contributed by atoms with Gasteiger partial charge in [-0.2, -0.15) is 0 Å². The van der Waals surface area contributed by atoms with Crippen LogP contribution in [0.1, 0.15) is 6.99 Å². The third kappa shape index (κ3) is 5.04. The first-order valence-electron chi connectivity index (χ1n) is 3.09. The van der Waals surface area contributed by atoms with Gasteiger partial charge in [0.25, 0.3) is 0 Å². The molecule has 0 aliphatic carbocycles. The van der Waals surface area contributed by atoms with Crippen molar-refractivity contribution in [1.82, 2.24) is 0 Å². The summed E-state index contributed by atoms with van der Waals surface area (Å²) >= 11 is 0. The average Bonchev–Trinajstić information content (AvgIpc) is 2.03. The zero-order chi connectivity index (χ0) is 8.10. The Hall–Kier alpha value is 0.302. The van der Waals surface area contributed by atoms with Gasteiger partial charge < -0.3 is 6.53 Å². The number of aliphatic carboxylic acids is 1. The summed E-state index contributed by atoms with van der Waals surface area (Å²) in [5.41, 5.74) is 0.718. The molecular formula is C9H7CsO2. The normalized spacial score (nSPS) is 7.33. The van der Waals surface area contributed by atoms with E-state index in [2.05, 4.69) is 5.92 Å². The minimum atomic E-state index is -1.10.